The van der Waals surface area contributed by atoms with Gasteiger partial charge < -0.3 is 4.74 Å². The first-order valence-corrected chi connectivity index (χ1v) is 8.01. The molecule has 0 unspecified atom stereocenters. The number of carbonyl (C=O) groups excluding carboxylic acids is 1. The minimum absolute atomic E-state index is 0.184. The molecular weight excluding hydrogens is 348 g/mol. The van der Waals surface area contributed by atoms with Crippen molar-refractivity contribution in [2.45, 2.75) is 0 Å². The summed E-state index contributed by atoms with van der Waals surface area (Å²) in [4.78, 5) is 12.0. The van der Waals surface area contributed by atoms with Gasteiger partial charge in [0, 0.05) is 5.56 Å². The molecule has 3 rings (SSSR count). The van der Waals surface area contributed by atoms with E-state index in [0.29, 0.717) is 11.3 Å². The van der Waals surface area contributed by atoms with Crippen LogP contribution in [0.3, 0.4) is 0 Å². The number of carbonyl (C=O) groups is 1. The van der Waals surface area contributed by atoms with E-state index in [1.165, 1.54) is 36.4 Å². The highest BCUT2D eigenvalue weighted by molar-refractivity contribution is 5.91. The zero-order chi connectivity index (χ0) is 19.2. The van der Waals surface area contributed by atoms with Gasteiger partial charge >= 0.3 is 5.97 Å². The number of allylic oxidation sites excluding steroid dienone is 1. The minimum atomic E-state index is -0.609. The zero-order valence-corrected chi connectivity index (χ0v) is 14.0. The first-order chi connectivity index (χ1) is 13.1. The molecule has 0 radical (unpaired) electrons. The molecule has 0 bridgehead atoms. The summed E-state index contributed by atoms with van der Waals surface area (Å²) in [5.41, 5.74) is 1.28. The van der Waals surface area contributed by atoms with Crippen molar-refractivity contribution >= 4 is 17.6 Å². The van der Waals surface area contributed by atoms with Crippen LogP contribution in [0.2, 0.25) is 0 Å². The molecule has 0 aliphatic rings. The summed E-state index contributed by atoms with van der Waals surface area (Å²) >= 11 is 0. The number of ether oxygens (including phenoxy) is 1. The lowest BCUT2D eigenvalue weighted by molar-refractivity contribution is 0.0734. The molecule has 0 amide bonds. The lowest BCUT2D eigenvalue weighted by Gasteiger charge is -2.05. The smallest absolute Gasteiger partial charge is 0.343 e. The van der Waals surface area contributed by atoms with E-state index < -0.39 is 17.6 Å². The Bertz CT molecular complexity index is 1030. The van der Waals surface area contributed by atoms with Gasteiger partial charge in [0.05, 0.1) is 17.2 Å². The fourth-order valence-corrected chi connectivity index (χ4v) is 2.40. The highest BCUT2D eigenvalue weighted by Crippen LogP contribution is 2.22. The van der Waals surface area contributed by atoms with E-state index in [1.54, 1.807) is 42.5 Å². The SMILES string of the molecule is N#C/C(=C/c1ccc(OC(=O)c2ccc(F)cc2)cc1)c1ccccc1F. The van der Waals surface area contributed by atoms with E-state index in [4.69, 9.17) is 4.74 Å². The van der Waals surface area contributed by atoms with E-state index in [-0.39, 0.29) is 16.7 Å². The van der Waals surface area contributed by atoms with Crippen LogP contribution in [-0.2, 0) is 0 Å². The molecule has 3 nitrogen and oxygen atoms in total. The molecular formula is C22H13F2NO2. The van der Waals surface area contributed by atoms with Crippen molar-refractivity contribution in [1.82, 2.24) is 0 Å². The number of esters is 1. The first-order valence-electron chi connectivity index (χ1n) is 8.01. The van der Waals surface area contributed by atoms with Crippen molar-refractivity contribution in [3.8, 4) is 11.8 Å². The van der Waals surface area contributed by atoms with Crippen molar-refractivity contribution in [3.63, 3.8) is 0 Å². The Labute approximate surface area is 154 Å². The summed E-state index contributed by atoms with van der Waals surface area (Å²) in [7, 11) is 0. The van der Waals surface area contributed by atoms with Gasteiger partial charge in [-0.1, -0.05) is 30.3 Å². The van der Waals surface area contributed by atoms with Gasteiger partial charge in [-0.15, -0.1) is 0 Å². The summed E-state index contributed by atoms with van der Waals surface area (Å²) in [6.45, 7) is 0. The van der Waals surface area contributed by atoms with Gasteiger partial charge in [0.25, 0.3) is 0 Å². The largest absolute Gasteiger partial charge is 0.423 e. The second kappa shape index (κ2) is 8.07. The lowest BCUT2D eigenvalue weighted by Crippen LogP contribution is -2.08. The van der Waals surface area contributed by atoms with Gasteiger partial charge in [-0.2, -0.15) is 5.26 Å². The number of nitrogens with zero attached hydrogens (tertiary/aromatic N) is 1. The third kappa shape index (κ3) is 4.44. The standard InChI is InChI=1S/C22H13F2NO2/c23-18-9-7-16(8-10-18)22(26)27-19-11-5-15(6-12-19)13-17(14-25)20-3-1-2-4-21(20)24/h1-13H/b17-13-. The third-order valence-electron chi connectivity index (χ3n) is 3.77. The molecule has 0 aliphatic carbocycles. The zero-order valence-electron chi connectivity index (χ0n) is 14.0. The van der Waals surface area contributed by atoms with E-state index in [0.717, 1.165) is 0 Å². The summed E-state index contributed by atoms with van der Waals surface area (Å²) in [5.74, 6) is -1.23. The Hall–Kier alpha value is -3.78. The molecule has 132 valence electrons. The molecule has 0 fully saturated rings. The second-order valence-corrected chi connectivity index (χ2v) is 5.62. The molecule has 0 aromatic heterocycles. The molecule has 0 aliphatic heterocycles. The van der Waals surface area contributed by atoms with Crippen LogP contribution in [0, 0.1) is 23.0 Å². The van der Waals surface area contributed by atoms with E-state index in [2.05, 4.69) is 0 Å². The van der Waals surface area contributed by atoms with Gasteiger partial charge in [0.2, 0.25) is 0 Å². The topological polar surface area (TPSA) is 50.1 Å². The van der Waals surface area contributed by atoms with Crippen LogP contribution in [0.1, 0.15) is 21.5 Å². The molecule has 27 heavy (non-hydrogen) atoms. The molecule has 3 aromatic rings. The third-order valence-corrected chi connectivity index (χ3v) is 3.77. The van der Waals surface area contributed by atoms with Crippen molar-refractivity contribution in [2.75, 3.05) is 0 Å². The Kier molecular flexibility index (Phi) is 5.38. The number of rotatable bonds is 4. The fourth-order valence-electron chi connectivity index (χ4n) is 2.40. The van der Waals surface area contributed by atoms with Crippen LogP contribution in [0.25, 0.3) is 11.6 Å². The molecule has 0 atom stereocenters. The number of nitriles is 1. The molecule has 0 saturated heterocycles. The molecule has 3 aromatic carbocycles. The van der Waals surface area contributed by atoms with Crippen molar-refractivity contribution < 1.29 is 18.3 Å². The van der Waals surface area contributed by atoms with Gasteiger partial charge in [0.15, 0.2) is 0 Å². The fraction of sp³-hybridized carbons (Fsp3) is 0. The van der Waals surface area contributed by atoms with Crippen molar-refractivity contribution in [2.24, 2.45) is 0 Å². The minimum Gasteiger partial charge on any atom is -0.423 e. The number of benzene rings is 3. The number of halogens is 2. The quantitative estimate of drug-likeness (QED) is 0.276. The maximum absolute atomic E-state index is 13.9. The van der Waals surface area contributed by atoms with Gasteiger partial charge in [-0.3, -0.25) is 0 Å². The Balaban J connectivity index is 1.77. The summed E-state index contributed by atoms with van der Waals surface area (Å²) < 4.78 is 32.0. The Morgan fingerprint density at radius 2 is 1.59 bits per heavy atom. The average Bonchev–Trinajstić information content (AvgIpc) is 2.68. The monoisotopic (exact) mass is 361 g/mol. The average molecular weight is 361 g/mol. The highest BCUT2D eigenvalue weighted by Gasteiger charge is 2.09. The van der Waals surface area contributed by atoms with Gasteiger partial charge in [-0.25, -0.2) is 13.6 Å². The van der Waals surface area contributed by atoms with E-state index in [1.807, 2.05) is 6.07 Å². The predicted octanol–water partition coefficient (Wildman–Crippen LogP) is 5.25. The van der Waals surface area contributed by atoms with Gasteiger partial charge in [0.1, 0.15) is 17.4 Å². The Morgan fingerprint density at radius 3 is 2.22 bits per heavy atom. The number of hydrogen-bond donors (Lipinski definition) is 0. The predicted molar refractivity (Wildman–Crippen MR) is 97.7 cm³/mol. The Morgan fingerprint density at radius 1 is 0.926 bits per heavy atom. The van der Waals surface area contributed by atoms with Crippen LogP contribution >= 0.6 is 0 Å². The number of hydrogen-bond acceptors (Lipinski definition) is 3. The molecule has 5 heteroatoms. The maximum atomic E-state index is 13.9. The normalized spacial score (nSPS) is 10.9. The van der Waals surface area contributed by atoms with Crippen molar-refractivity contribution in [1.29, 1.82) is 5.26 Å². The van der Waals surface area contributed by atoms with Crippen molar-refractivity contribution in [3.05, 3.63) is 101 Å². The summed E-state index contributed by atoms with van der Waals surface area (Å²) in [5, 5.41) is 9.30. The van der Waals surface area contributed by atoms with Crippen LogP contribution in [0.15, 0.2) is 72.8 Å². The molecule has 0 heterocycles. The summed E-state index contributed by atoms with van der Waals surface area (Å²) in [6.07, 6.45) is 1.55. The molecule has 0 saturated carbocycles. The van der Waals surface area contributed by atoms with Crippen LogP contribution in [-0.4, -0.2) is 5.97 Å². The van der Waals surface area contributed by atoms with E-state index >= 15 is 0 Å². The van der Waals surface area contributed by atoms with E-state index in [9.17, 15) is 18.8 Å². The van der Waals surface area contributed by atoms with Crippen LogP contribution < -0.4 is 4.74 Å². The van der Waals surface area contributed by atoms with Crippen LogP contribution in [0.4, 0.5) is 8.78 Å². The van der Waals surface area contributed by atoms with Gasteiger partial charge in [-0.05, 0) is 54.1 Å². The summed E-state index contributed by atoms with van der Waals surface area (Å²) in [6, 6.07) is 19.4. The second-order valence-electron chi connectivity index (χ2n) is 5.62. The molecule has 0 spiro atoms. The lowest BCUT2D eigenvalue weighted by atomic mass is 10.0. The van der Waals surface area contributed by atoms with Crippen LogP contribution in [0.5, 0.6) is 5.75 Å². The first kappa shape index (κ1) is 18.0. The highest BCUT2D eigenvalue weighted by atomic mass is 19.1. The maximum Gasteiger partial charge on any atom is 0.343 e. The molecule has 0 N–H and O–H groups in total.